The van der Waals surface area contributed by atoms with Gasteiger partial charge in [-0.3, -0.25) is 4.68 Å². The van der Waals surface area contributed by atoms with Crippen LogP contribution in [0.25, 0.3) is 11.4 Å². The molecule has 142 valence electrons. The summed E-state index contributed by atoms with van der Waals surface area (Å²) in [6.45, 7) is 3.04. The van der Waals surface area contributed by atoms with Crippen molar-refractivity contribution in [3.8, 4) is 11.4 Å². The van der Waals surface area contributed by atoms with Crippen LogP contribution in [0.4, 0.5) is 13.2 Å². The summed E-state index contributed by atoms with van der Waals surface area (Å²) in [6, 6.07) is 6.78. The monoisotopic (exact) mass is 379 g/mol. The van der Waals surface area contributed by atoms with E-state index in [0.717, 1.165) is 17.5 Å². The Hall–Kier alpha value is -3.17. The first-order valence-electron chi connectivity index (χ1n) is 8.13. The Labute approximate surface area is 152 Å². The topological polar surface area (TPSA) is 78.3 Å². The highest BCUT2D eigenvalue weighted by molar-refractivity contribution is 5.78. The van der Waals surface area contributed by atoms with E-state index in [1.54, 1.807) is 41.4 Å². The van der Waals surface area contributed by atoms with Crippen LogP contribution in [0.15, 0.2) is 46.3 Å². The molecule has 2 aromatic heterocycles. The first-order valence-corrected chi connectivity index (χ1v) is 8.13. The Morgan fingerprint density at radius 1 is 1.26 bits per heavy atom. The maximum absolute atomic E-state index is 12.5. The molecule has 2 heterocycles. The van der Waals surface area contributed by atoms with Gasteiger partial charge in [0, 0.05) is 17.3 Å². The van der Waals surface area contributed by atoms with E-state index in [2.05, 4.69) is 24.9 Å². The number of alkyl halides is 3. The fourth-order valence-corrected chi connectivity index (χ4v) is 2.18. The SMILES string of the molecule is CCCON=Cc1cnn(Cc2ccc(-c3noc(C(F)(F)F)n3)cc2)c1. The van der Waals surface area contributed by atoms with E-state index in [-0.39, 0.29) is 5.82 Å². The molecule has 0 bridgehead atoms. The lowest BCUT2D eigenvalue weighted by Crippen LogP contribution is -2.04. The van der Waals surface area contributed by atoms with E-state index < -0.39 is 12.1 Å². The number of nitrogens with zero attached hydrogens (tertiary/aromatic N) is 5. The summed E-state index contributed by atoms with van der Waals surface area (Å²) in [4.78, 5) is 8.40. The van der Waals surface area contributed by atoms with Gasteiger partial charge in [-0.25, -0.2) is 0 Å². The molecule has 10 heteroatoms. The van der Waals surface area contributed by atoms with Crippen LogP contribution in [0, 0.1) is 0 Å². The third-order valence-electron chi connectivity index (χ3n) is 3.45. The molecule has 0 radical (unpaired) electrons. The average Bonchev–Trinajstić information content (AvgIpc) is 3.29. The lowest BCUT2D eigenvalue weighted by atomic mass is 10.1. The molecule has 0 aliphatic heterocycles. The van der Waals surface area contributed by atoms with Crippen molar-refractivity contribution in [2.24, 2.45) is 5.16 Å². The van der Waals surface area contributed by atoms with Crippen LogP contribution < -0.4 is 0 Å². The smallest absolute Gasteiger partial charge is 0.396 e. The first kappa shape index (κ1) is 18.6. The minimum atomic E-state index is -4.66. The second-order valence-electron chi connectivity index (χ2n) is 5.66. The van der Waals surface area contributed by atoms with Gasteiger partial charge in [0.15, 0.2) is 0 Å². The first-order chi connectivity index (χ1) is 13.0. The van der Waals surface area contributed by atoms with Gasteiger partial charge in [0.25, 0.3) is 0 Å². The van der Waals surface area contributed by atoms with E-state index in [9.17, 15) is 13.2 Å². The zero-order valence-electron chi connectivity index (χ0n) is 14.3. The van der Waals surface area contributed by atoms with Crippen molar-refractivity contribution >= 4 is 6.21 Å². The molecule has 0 N–H and O–H groups in total. The maximum Gasteiger partial charge on any atom is 0.471 e. The van der Waals surface area contributed by atoms with E-state index in [0.29, 0.717) is 18.7 Å². The highest BCUT2D eigenvalue weighted by Crippen LogP contribution is 2.29. The van der Waals surface area contributed by atoms with Crippen molar-refractivity contribution in [2.45, 2.75) is 26.1 Å². The second kappa shape index (κ2) is 8.02. The third kappa shape index (κ3) is 4.93. The molecule has 3 aromatic rings. The van der Waals surface area contributed by atoms with Crippen LogP contribution in [-0.4, -0.2) is 32.7 Å². The number of rotatable bonds is 7. The lowest BCUT2D eigenvalue weighted by molar-refractivity contribution is -0.159. The van der Waals surface area contributed by atoms with Gasteiger partial charge in [-0.05, 0) is 12.0 Å². The number of aromatic nitrogens is 4. The quantitative estimate of drug-likeness (QED) is 0.355. The Balaban J connectivity index is 1.63. The highest BCUT2D eigenvalue weighted by Gasteiger charge is 2.38. The molecule has 0 fully saturated rings. The maximum atomic E-state index is 12.5. The van der Waals surface area contributed by atoms with Crippen LogP contribution in [0.3, 0.4) is 0 Å². The molecule has 0 saturated heterocycles. The molecule has 0 saturated carbocycles. The number of hydrogen-bond acceptors (Lipinski definition) is 6. The summed E-state index contributed by atoms with van der Waals surface area (Å²) in [5.74, 6) is -1.48. The molecule has 0 aliphatic carbocycles. The fraction of sp³-hybridized carbons (Fsp3) is 0.294. The van der Waals surface area contributed by atoms with Crippen molar-refractivity contribution in [3.05, 3.63) is 53.7 Å². The van der Waals surface area contributed by atoms with Crippen molar-refractivity contribution < 1.29 is 22.5 Å². The van der Waals surface area contributed by atoms with Gasteiger partial charge in [-0.1, -0.05) is 41.5 Å². The van der Waals surface area contributed by atoms with Gasteiger partial charge in [0.05, 0.1) is 19.0 Å². The van der Waals surface area contributed by atoms with Gasteiger partial charge < -0.3 is 9.36 Å². The molecule has 0 unspecified atom stereocenters. The molecule has 1 aromatic carbocycles. The minimum absolute atomic E-state index is 0.112. The van der Waals surface area contributed by atoms with Crippen molar-refractivity contribution in [1.82, 2.24) is 19.9 Å². The largest absolute Gasteiger partial charge is 0.471 e. The third-order valence-corrected chi connectivity index (χ3v) is 3.45. The van der Waals surface area contributed by atoms with Crippen LogP contribution in [0.5, 0.6) is 0 Å². The Morgan fingerprint density at radius 2 is 2.04 bits per heavy atom. The predicted molar refractivity (Wildman–Crippen MR) is 89.9 cm³/mol. The summed E-state index contributed by atoms with van der Waals surface area (Å²) in [5, 5.41) is 11.4. The van der Waals surface area contributed by atoms with Gasteiger partial charge in [0.1, 0.15) is 6.61 Å². The lowest BCUT2D eigenvalue weighted by Gasteiger charge is -2.02. The molecule has 3 rings (SSSR count). The zero-order chi connectivity index (χ0) is 19.3. The van der Waals surface area contributed by atoms with Gasteiger partial charge >= 0.3 is 12.1 Å². The molecular weight excluding hydrogens is 363 g/mol. The van der Waals surface area contributed by atoms with E-state index in [1.807, 2.05) is 13.1 Å². The van der Waals surface area contributed by atoms with Crippen molar-refractivity contribution in [3.63, 3.8) is 0 Å². The molecule has 0 amide bonds. The predicted octanol–water partition coefficient (Wildman–Crippen LogP) is 3.76. The molecule has 7 nitrogen and oxygen atoms in total. The van der Waals surface area contributed by atoms with Crippen LogP contribution in [-0.2, 0) is 17.6 Å². The standard InChI is InChI=1S/C17H16F3N5O2/c1-2-7-26-22-9-13-8-21-25(11-13)10-12-3-5-14(6-4-12)15-23-16(27-24-15)17(18,19)20/h3-6,8-9,11H,2,7,10H2,1H3. The van der Waals surface area contributed by atoms with E-state index in [4.69, 9.17) is 4.84 Å². The Kier molecular flexibility index (Phi) is 5.53. The Morgan fingerprint density at radius 3 is 2.70 bits per heavy atom. The summed E-state index contributed by atoms with van der Waals surface area (Å²) < 4.78 is 43.5. The number of oxime groups is 1. The van der Waals surface area contributed by atoms with Crippen molar-refractivity contribution in [2.75, 3.05) is 6.61 Å². The van der Waals surface area contributed by atoms with E-state index >= 15 is 0 Å². The molecular formula is C17H16F3N5O2. The van der Waals surface area contributed by atoms with Crippen LogP contribution >= 0.6 is 0 Å². The van der Waals surface area contributed by atoms with Gasteiger partial charge in [0.2, 0.25) is 5.82 Å². The molecule has 0 atom stereocenters. The van der Waals surface area contributed by atoms with Crippen LogP contribution in [0.2, 0.25) is 0 Å². The second-order valence-corrected chi connectivity index (χ2v) is 5.66. The number of halogens is 3. The Bertz CT molecular complexity index is 900. The van der Waals surface area contributed by atoms with Crippen LogP contribution in [0.1, 0.15) is 30.4 Å². The summed E-state index contributed by atoms with van der Waals surface area (Å²) in [5.41, 5.74) is 2.14. The minimum Gasteiger partial charge on any atom is -0.396 e. The summed E-state index contributed by atoms with van der Waals surface area (Å²) >= 11 is 0. The molecule has 0 spiro atoms. The van der Waals surface area contributed by atoms with E-state index in [1.165, 1.54) is 0 Å². The number of benzene rings is 1. The zero-order valence-corrected chi connectivity index (χ0v) is 14.3. The molecule has 27 heavy (non-hydrogen) atoms. The van der Waals surface area contributed by atoms with Gasteiger partial charge in [-0.15, -0.1) is 0 Å². The van der Waals surface area contributed by atoms with Gasteiger partial charge in [-0.2, -0.15) is 23.3 Å². The number of hydrogen-bond donors (Lipinski definition) is 0. The molecule has 0 aliphatic rings. The van der Waals surface area contributed by atoms with Crippen molar-refractivity contribution in [1.29, 1.82) is 0 Å². The summed E-state index contributed by atoms with van der Waals surface area (Å²) in [7, 11) is 0. The fourth-order valence-electron chi connectivity index (χ4n) is 2.18. The summed E-state index contributed by atoms with van der Waals surface area (Å²) in [6.07, 6.45) is 1.27. The normalized spacial score (nSPS) is 12.0. The average molecular weight is 379 g/mol. The highest BCUT2D eigenvalue weighted by atomic mass is 19.4.